The molecule has 1 atom stereocenters. The van der Waals surface area contributed by atoms with Crippen LogP contribution in [0.3, 0.4) is 0 Å². The van der Waals surface area contributed by atoms with E-state index in [4.69, 9.17) is 9.84 Å². The van der Waals surface area contributed by atoms with Gasteiger partial charge >= 0.3 is 11.9 Å². The fraction of sp³-hybridized carbons (Fsp3) is 0.613. The lowest BCUT2D eigenvalue weighted by atomic mass is 10.1. The quantitative estimate of drug-likeness (QED) is 0.0888. The Bertz CT molecular complexity index is 655. The van der Waals surface area contributed by atoms with Crippen molar-refractivity contribution in [1.82, 2.24) is 0 Å². The Kier molecular flexibility index (Phi) is 24.5. The molecule has 4 nitrogen and oxygen atoms in total. The summed E-state index contributed by atoms with van der Waals surface area (Å²) in [5.41, 5.74) is 0. The van der Waals surface area contributed by atoms with Crippen LogP contribution in [0.1, 0.15) is 117 Å². The SMILES string of the molecule is CC/C=C\C/C=C\C/C=C\C/C=C\CCCCC(=O)OC(/C=C\CCC)CCCCCCC(=O)O. The lowest BCUT2D eigenvalue weighted by molar-refractivity contribution is -0.147. The second-order valence-electron chi connectivity index (χ2n) is 8.84. The second kappa shape index (κ2) is 26.2. The number of esters is 1. The van der Waals surface area contributed by atoms with Crippen molar-refractivity contribution in [3.63, 3.8) is 0 Å². The first-order valence-electron chi connectivity index (χ1n) is 13.8. The van der Waals surface area contributed by atoms with Gasteiger partial charge < -0.3 is 9.84 Å². The molecule has 0 saturated carbocycles. The van der Waals surface area contributed by atoms with Gasteiger partial charge in [-0.25, -0.2) is 0 Å². The zero-order valence-corrected chi connectivity index (χ0v) is 22.3. The average Bonchev–Trinajstić information content (AvgIpc) is 2.83. The zero-order valence-electron chi connectivity index (χ0n) is 22.3. The van der Waals surface area contributed by atoms with Crippen LogP contribution in [0.15, 0.2) is 60.8 Å². The molecule has 1 N–H and O–H groups in total. The number of carboxylic acids is 1. The molecule has 4 heteroatoms. The van der Waals surface area contributed by atoms with Gasteiger partial charge in [0, 0.05) is 12.8 Å². The van der Waals surface area contributed by atoms with Gasteiger partial charge in [-0.2, -0.15) is 0 Å². The molecule has 0 aromatic carbocycles. The van der Waals surface area contributed by atoms with E-state index in [1.54, 1.807) is 0 Å². The molecular weight excluding hydrogens is 436 g/mol. The molecule has 35 heavy (non-hydrogen) atoms. The van der Waals surface area contributed by atoms with Gasteiger partial charge in [-0.3, -0.25) is 9.59 Å². The molecule has 0 radical (unpaired) electrons. The largest absolute Gasteiger partial charge is 0.481 e. The maximum atomic E-state index is 12.3. The van der Waals surface area contributed by atoms with E-state index in [1.807, 2.05) is 6.08 Å². The molecule has 1 unspecified atom stereocenters. The van der Waals surface area contributed by atoms with Crippen molar-refractivity contribution in [1.29, 1.82) is 0 Å². The summed E-state index contributed by atoms with van der Waals surface area (Å²) in [6.45, 7) is 4.28. The van der Waals surface area contributed by atoms with Crippen molar-refractivity contribution >= 4 is 11.9 Å². The minimum absolute atomic E-state index is 0.118. The standard InChI is InChI=1S/C31H50O4/c1-3-5-7-8-9-10-11-12-13-14-15-16-17-18-24-28-31(34)35-29(25-21-6-4-2)26-22-19-20-23-27-30(32)33/h5,7,9-10,12-13,15-16,21,25,29H,3-4,6,8,11,14,17-20,22-24,26-28H2,1-2H3,(H,32,33)/b7-5-,10-9-,13-12-,16-15-,25-21-. The maximum Gasteiger partial charge on any atom is 0.306 e. The number of hydrogen-bond donors (Lipinski definition) is 1. The van der Waals surface area contributed by atoms with Crippen LogP contribution in [-0.2, 0) is 14.3 Å². The molecule has 0 saturated heterocycles. The Balaban J connectivity index is 3.96. The minimum atomic E-state index is -0.735. The Morgan fingerprint density at radius 2 is 1.29 bits per heavy atom. The van der Waals surface area contributed by atoms with Crippen LogP contribution < -0.4 is 0 Å². The van der Waals surface area contributed by atoms with Gasteiger partial charge in [0.2, 0.25) is 0 Å². The fourth-order valence-corrected chi connectivity index (χ4v) is 3.44. The summed E-state index contributed by atoms with van der Waals surface area (Å²) < 4.78 is 5.70. The number of hydrogen-bond acceptors (Lipinski definition) is 3. The molecule has 0 aromatic heterocycles. The van der Waals surface area contributed by atoms with Crippen LogP contribution in [0.25, 0.3) is 0 Å². The van der Waals surface area contributed by atoms with Crippen LogP contribution in [-0.4, -0.2) is 23.1 Å². The van der Waals surface area contributed by atoms with Gasteiger partial charge in [-0.05, 0) is 76.7 Å². The molecule has 0 aromatic rings. The van der Waals surface area contributed by atoms with E-state index in [2.05, 4.69) is 68.5 Å². The summed E-state index contributed by atoms with van der Waals surface area (Å²) in [5, 5.41) is 8.71. The summed E-state index contributed by atoms with van der Waals surface area (Å²) in [5.74, 6) is -0.853. The summed E-state index contributed by atoms with van der Waals surface area (Å²) >= 11 is 0. The predicted octanol–water partition coefficient (Wildman–Crippen LogP) is 9.05. The van der Waals surface area contributed by atoms with Gasteiger partial charge in [0.25, 0.3) is 0 Å². The van der Waals surface area contributed by atoms with Gasteiger partial charge in [0.1, 0.15) is 6.10 Å². The normalized spacial score (nSPS) is 13.2. The summed E-state index contributed by atoms with van der Waals surface area (Å²) in [6.07, 6.45) is 35.5. The van der Waals surface area contributed by atoms with E-state index in [-0.39, 0.29) is 18.5 Å². The first-order valence-corrected chi connectivity index (χ1v) is 13.8. The third-order valence-corrected chi connectivity index (χ3v) is 5.44. The number of rotatable bonds is 23. The number of allylic oxidation sites excluding steroid dienone is 9. The monoisotopic (exact) mass is 486 g/mol. The molecule has 0 bridgehead atoms. The number of ether oxygens (including phenoxy) is 1. The van der Waals surface area contributed by atoms with Crippen molar-refractivity contribution in [3.05, 3.63) is 60.8 Å². The highest BCUT2D eigenvalue weighted by atomic mass is 16.5. The lowest BCUT2D eigenvalue weighted by Crippen LogP contribution is -2.16. The molecule has 0 heterocycles. The number of unbranched alkanes of at least 4 members (excludes halogenated alkanes) is 6. The topological polar surface area (TPSA) is 63.6 Å². The van der Waals surface area contributed by atoms with Crippen LogP contribution in [0.4, 0.5) is 0 Å². The Labute approximate surface area is 214 Å². The molecule has 0 aliphatic rings. The summed E-state index contributed by atoms with van der Waals surface area (Å²) in [7, 11) is 0. The second-order valence-corrected chi connectivity index (χ2v) is 8.84. The van der Waals surface area contributed by atoms with Crippen molar-refractivity contribution in [2.45, 2.75) is 123 Å². The van der Waals surface area contributed by atoms with Crippen molar-refractivity contribution < 1.29 is 19.4 Å². The zero-order chi connectivity index (χ0) is 25.8. The molecule has 0 rings (SSSR count). The number of carboxylic acid groups (broad SMARTS) is 1. The fourth-order valence-electron chi connectivity index (χ4n) is 3.44. The lowest BCUT2D eigenvalue weighted by Gasteiger charge is -2.14. The number of carbonyl (C=O) groups is 2. The van der Waals surface area contributed by atoms with Crippen molar-refractivity contribution in [2.24, 2.45) is 0 Å². The van der Waals surface area contributed by atoms with Gasteiger partial charge in [0.05, 0.1) is 0 Å². The van der Waals surface area contributed by atoms with Crippen LogP contribution >= 0.6 is 0 Å². The first-order chi connectivity index (χ1) is 17.1. The highest BCUT2D eigenvalue weighted by molar-refractivity contribution is 5.69. The number of aliphatic carboxylic acids is 1. The predicted molar refractivity (Wildman–Crippen MR) is 148 cm³/mol. The highest BCUT2D eigenvalue weighted by Gasteiger charge is 2.11. The van der Waals surface area contributed by atoms with E-state index < -0.39 is 5.97 Å². The molecule has 0 spiro atoms. The van der Waals surface area contributed by atoms with Gasteiger partial charge in [-0.15, -0.1) is 0 Å². The van der Waals surface area contributed by atoms with Crippen LogP contribution in [0, 0.1) is 0 Å². The van der Waals surface area contributed by atoms with Gasteiger partial charge in [0.15, 0.2) is 0 Å². The Morgan fingerprint density at radius 3 is 1.91 bits per heavy atom. The molecule has 0 aliphatic carbocycles. The molecule has 198 valence electrons. The third-order valence-electron chi connectivity index (χ3n) is 5.44. The van der Waals surface area contributed by atoms with Crippen LogP contribution in [0.2, 0.25) is 0 Å². The molecule has 0 aliphatic heterocycles. The Hall–Kier alpha value is -2.36. The summed E-state index contributed by atoms with van der Waals surface area (Å²) in [4.78, 5) is 22.9. The van der Waals surface area contributed by atoms with Gasteiger partial charge in [-0.1, -0.05) is 87.8 Å². The molecule has 0 fully saturated rings. The van der Waals surface area contributed by atoms with E-state index in [0.717, 1.165) is 83.5 Å². The number of carbonyl (C=O) groups excluding carboxylic acids is 1. The molecule has 0 amide bonds. The van der Waals surface area contributed by atoms with Crippen LogP contribution in [0.5, 0.6) is 0 Å². The van der Waals surface area contributed by atoms with E-state index in [9.17, 15) is 9.59 Å². The Morgan fingerprint density at radius 1 is 0.686 bits per heavy atom. The van der Waals surface area contributed by atoms with Crippen molar-refractivity contribution in [2.75, 3.05) is 0 Å². The third kappa shape index (κ3) is 26.1. The minimum Gasteiger partial charge on any atom is -0.481 e. The first kappa shape index (κ1) is 32.6. The highest BCUT2D eigenvalue weighted by Crippen LogP contribution is 2.13. The van der Waals surface area contributed by atoms with E-state index in [1.165, 1.54) is 0 Å². The van der Waals surface area contributed by atoms with E-state index in [0.29, 0.717) is 12.8 Å². The molecular formula is C31H50O4. The van der Waals surface area contributed by atoms with E-state index >= 15 is 0 Å². The van der Waals surface area contributed by atoms with Crippen molar-refractivity contribution in [3.8, 4) is 0 Å². The summed E-state index contributed by atoms with van der Waals surface area (Å²) in [6, 6.07) is 0. The maximum absolute atomic E-state index is 12.3. The average molecular weight is 487 g/mol. The smallest absolute Gasteiger partial charge is 0.306 e.